The molecule has 0 aliphatic rings. The highest BCUT2D eigenvalue weighted by atomic mass is 16.5. The zero-order chi connectivity index (χ0) is 19.7. The SMILES string of the molecule is Cc1cccc(COc2c(-c3ccccc3)oc3cc(C)c(C)cc3c2=O)c1. The van der Waals surface area contributed by atoms with Crippen molar-refractivity contribution in [2.75, 3.05) is 0 Å². The lowest BCUT2D eigenvalue weighted by atomic mass is 10.0. The summed E-state index contributed by atoms with van der Waals surface area (Å²) in [6, 6.07) is 21.5. The Bertz CT molecular complexity index is 1200. The predicted molar refractivity (Wildman–Crippen MR) is 113 cm³/mol. The van der Waals surface area contributed by atoms with Crippen molar-refractivity contribution in [1.82, 2.24) is 0 Å². The molecule has 0 saturated heterocycles. The van der Waals surface area contributed by atoms with Gasteiger partial charge < -0.3 is 9.15 Å². The fourth-order valence-corrected chi connectivity index (χ4v) is 3.30. The van der Waals surface area contributed by atoms with Gasteiger partial charge in [-0.3, -0.25) is 4.79 Å². The number of hydrogen-bond donors (Lipinski definition) is 0. The molecule has 0 radical (unpaired) electrons. The van der Waals surface area contributed by atoms with Crippen LogP contribution in [-0.2, 0) is 6.61 Å². The van der Waals surface area contributed by atoms with Crippen molar-refractivity contribution in [2.24, 2.45) is 0 Å². The minimum absolute atomic E-state index is 0.143. The van der Waals surface area contributed by atoms with E-state index < -0.39 is 0 Å². The molecule has 0 bridgehead atoms. The van der Waals surface area contributed by atoms with Crippen molar-refractivity contribution in [2.45, 2.75) is 27.4 Å². The number of ether oxygens (including phenoxy) is 1. The number of aryl methyl sites for hydroxylation is 3. The van der Waals surface area contributed by atoms with Gasteiger partial charge in [-0.2, -0.15) is 0 Å². The monoisotopic (exact) mass is 370 g/mol. The highest BCUT2D eigenvalue weighted by Crippen LogP contribution is 2.32. The van der Waals surface area contributed by atoms with Crippen LogP contribution < -0.4 is 10.2 Å². The van der Waals surface area contributed by atoms with E-state index in [1.54, 1.807) is 0 Å². The van der Waals surface area contributed by atoms with Gasteiger partial charge in [0, 0.05) is 5.56 Å². The molecule has 3 heteroatoms. The quantitative estimate of drug-likeness (QED) is 0.445. The summed E-state index contributed by atoms with van der Waals surface area (Å²) in [7, 11) is 0. The van der Waals surface area contributed by atoms with Crippen molar-refractivity contribution < 1.29 is 9.15 Å². The molecule has 0 amide bonds. The fourth-order valence-electron chi connectivity index (χ4n) is 3.30. The van der Waals surface area contributed by atoms with Crippen LogP contribution >= 0.6 is 0 Å². The average molecular weight is 370 g/mol. The van der Waals surface area contributed by atoms with E-state index in [4.69, 9.17) is 9.15 Å². The van der Waals surface area contributed by atoms with E-state index in [1.165, 1.54) is 0 Å². The highest BCUT2D eigenvalue weighted by Gasteiger charge is 2.18. The maximum atomic E-state index is 13.3. The van der Waals surface area contributed by atoms with Crippen LogP contribution in [0.5, 0.6) is 5.75 Å². The first-order chi connectivity index (χ1) is 13.5. The summed E-state index contributed by atoms with van der Waals surface area (Å²) in [6.45, 7) is 6.35. The topological polar surface area (TPSA) is 39.4 Å². The van der Waals surface area contributed by atoms with Gasteiger partial charge in [0.25, 0.3) is 0 Å². The van der Waals surface area contributed by atoms with Gasteiger partial charge in [0.05, 0.1) is 5.39 Å². The third-order valence-corrected chi connectivity index (χ3v) is 4.97. The van der Waals surface area contributed by atoms with Gasteiger partial charge in [-0.25, -0.2) is 0 Å². The lowest BCUT2D eigenvalue weighted by molar-refractivity contribution is 0.298. The summed E-state index contributed by atoms with van der Waals surface area (Å²) in [4.78, 5) is 13.3. The van der Waals surface area contributed by atoms with Crippen LogP contribution in [0.2, 0.25) is 0 Å². The molecule has 3 aromatic carbocycles. The van der Waals surface area contributed by atoms with E-state index in [0.717, 1.165) is 27.8 Å². The van der Waals surface area contributed by atoms with Crippen LogP contribution in [0.1, 0.15) is 22.3 Å². The van der Waals surface area contributed by atoms with E-state index in [1.807, 2.05) is 81.4 Å². The molecule has 0 spiro atoms. The Morgan fingerprint density at radius 3 is 2.36 bits per heavy atom. The van der Waals surface area contributed by atoms with E-state index in [2.05, 4.69) is 6.07 Å². The molecule has 0 fully saturated rings. The van der Waals surface area contributed by atoms with Crippen molar-refractivity contribution in [3.8, 4) is 17.1 Å². The molecule has 0 aliphatic carbocycles. The molecular formula is C25H22O3. The number of rotatable bonds is 4. The Labute approximate surface area is 164 Å². The molecule has 1 aromatic heterocycles. The Balaban J connectivity index is 1.87. The summed E-state index contributed by atoms with van der Waals surface area (Å²) < 4.78 is 12.2. The van der Waals surface area contributed by atoms with Gasteiger partial charge in [0.15, 0.2) is 5.76 Å². The van der Waals surface area contributed by atoms with Gasteiger partial charge in [-0.15, -0.1) is 0 Å². The van der Waals surface area contributed by atoms with Crippen molar-refractivity contribution in [3.63, 3.8) is 0 Å². The van der Waals surface area contributed by atoms with Crippen molar-refractivity contribution in [3.05, 3.63) is 99.2 Å². The Morgan fingerprint density at radius 2 is 1.61 bits per heavy atom. The minimum atomic E-state index is -0.143. The van der Waals surface area contributed by atoms with Gasteiger partial charge in [-0.05, 0) is 49.6 Å². The average Bonchev–Trinajstić information content (AvgIpc) is 2.69. The van der Waals surface area contributed by atoms with E-state index in [-0.39, 0.29) is 11.2 Å². The highest BCUT2D eigenvalue weighted by molar-refractivity contribution is 5.83. The molecule has 4 aromatic rings. The Morgan fingerprint density at radius 1 is 0.857 bits per heavy atom. The minimum Gasteiger partial charge on any atom is -0.481 e. The summed E-state index contributed by atoms with van der Waals surface area (Å²) in [6.07, 6.45) is 0. The van der Waals surface area contributed by atoms with Crippen LogP contribution in [0.3, 0.4) is 0 Å². The fraction of sp³-hybridized carbons (Fsp3) is 0.160. The second-order valence-electron chi connectivity index (χ2n) is 7.17. The maximum Gasteiger partial charge on any atom is 0.235 e. The van der Waals surface area contributed by atoms with Crippen LogP contribution in [0.4, 0.5) is 0 Å². The molecule has 28 heavy (non-hydrogen) atoms. The summed E-state index contributed by atoms with van der Waals surface area (Å²) in [5, 5.41) is 0.544. The van der Waals surface area contributed by atoms with Gasteiger partial charge in [-0.1, -0.05) is 60.2 Å². The number of benzene rings is 3. The van der Waals surface area contributed by atoms with E-state index in [9.17, 15) is 4.79 Å². The van der Waals surface area contributed by atoms with Crippen LogP contribution in [-0.4, -0.2) is 0 Å². The molecule has 0 aliphatic heterocycles. The largest absolute Gasteiger partial charge is 0.481 e. The summed E-state index contributed by atoms with van der Waals surface area (Å²) in [5.41, 5.74) is 5.56. The molecule has 0 N–H and O–H groups in total. The number of fused-ring (bicyclic) bond motifs is 1. The second kappa shape index (κ2) is 7.35. The zero-order valence-electron chi connectivity index (χ0n) is 16.3. The molecule has 4 rings (SSSR count). The molecular weight excluding hydrogens is 348 g/mol. The van der Waals surface area contributed by atoms with E-state index >= 15 is 0 Å². The van der Waals surface area contributed by atoms with Crippen molar-refractivity contribution >= 4 is 11.0 Å². The smallest absolute Gasteiger partial charge is 0.235 e. The Kier molecular flexibility index (Phi) is 4.74. The first-order valence-electron chi connectivity index (χ1n) is 9.35. The third kappa shape index (κ3) is 3.44. The standard InChI is InChI=1S/C25H22O3/c1-16-8-7-9-19(12-16)15-27-25-23(26)21-13-17(2)18(3)14-22(21)28-24(25)20-10-5-4-6-11-20/h4-14H,15H2,1-3H3. The van der Waals surface area contributed by atoms with Crippen LogP contribution in [0.25, 0.3) is 22.3 Å². The molecule has 140 valence electrons. The molecule has 0 saturated carbocycles. The number of hydrogen-bond acceptors (Lipinski definition) is 3. The summed E-state index contributed by atoms with van der Waals surface area (Å²) in [5.74, 6) is 0.720. The third-order valence-electron chi connectivity index (χ3n) is 4.97. The van der Waals surface area contributed by atoms with E-state index in [0.29, 0.717) is 23.3 Å². The molecule has 3 nitrogen and oxygen atoms in total. The second-order valence-corrected chi connectivity index (χ2v) is 7.17. The first-order valence-corrected chi connectivity index (χ1v) is 9.35. The van der Waals surface area contributed by atoms with Gasteiger partial charge in [0.2, 0.25) is 11.2 Å². The Hall–Kier alpha value is -3.33. The van der Waals surface area contributed by atoms with Crippen LogP contribution in [0.15, 0.2) is 75.9 Å². The maximum absolute atomic E-state index is 13.3. The molecule has 1 heterocycles. The zero-order valence-corrected chi connectivity index (χ0v) is 16.3. The van der Waals surface area contributed by atoms with Crippen LogP contribution in [0, 0.1) is 20.8 Å². The van der Waals surface area contributed by atoms with Crippen molar-refractivity contribution in [1.29, 1.82) is 0 Å². The first kappa shape index (κ1) is 18.1. The molecule has 0 atom stereocenters. The summed E-state index contributed by atoms with van der Waals surface area (Å²) >= 11 is 0. The lowest BCUT2D eigenvalue weighted by Crippen LogP contribution is -2.10. The normalized spacial score (nSPS) is 11.0. The van der Waals surface area contributed by atoms with Gasteiger partial charge >= 0.3 is 0 Å². The predicted octanol–water partition coefficient (Wildman–Crippen LogP) is 5.96. The molecule has 0 unspecified atom stereocenters. The lowest BCUT2D eigenvalue weighted by Gasteiger charge is -2.13. The van der Waals surface area contributed by atoms with Gasteiger partial charge in [0.1, 0.15) is 12.2 Å².